The molecule has 26 heteroatoms. The van der Waals surface area contributed by atoms with E-state index in [4.69, 9.17) is 23.7 Å². The molecule has 23 nitrogen and oxygen atoms in total. The molecule has 0 saturated heterocycles. The van der Waals surface area contributed by atoms with Gasteiger partial charge in [0, 0.05) is 107 Å². The van der Waals surface area contributed by atoms with Crippen LogP contribution in [0.3, 0.4) is 0 Å². The van der Waals surface area contributed by atoms with Gasteiger partial charge in [0.15, 0.2) is 0 Å². The SMILES string of the molecule is CCOC(=O)C1Cc2ccccc2CN1C(=O)Nc1ccccc1.CCOC(=O)C1Cc2ccccc2CN1C(=O)c1ccccc1.CCOC(=O)C1Cc2ccccc2CN1C(=O)c1ccccn1.CCOC(=O)C1Cc2ccccc2CN1C(=O)c1ccncc1.CCOC(=O)C1Cc2ccccc2CN1Cc1ccc(C(F)(F)F)nc1. The Bertz CT molecular complexity index is 4830. The molecule has 10 aromatic rings. The number of rotatable bonds is 16. The second kappa shape index (κ2) is 42.1. The molecule has 0 bridgehead atoms. The number of carbonyl (C=O) groups excluding carboxylic acids is 9. The Balaban J connectivity index is 0.000000146. The van der Waals surface area contributed by atoms with E-state index in [1.54, 1.807) is 115 Å². The summed E-state index contributed by atoms with van der Waals surface area (Å²) in [5, 5.41) is 2.85. The van der Waals surface area contributed by atoms with Gasteiger partial charge in [0.1, 0.15) is 41.6 Å². The number of pyridine rings is 3. The number of urea groups is 1. The molecule has 0 spiro atoms. The molecule has 5 aliphatic rings. The molecule has 0 fully saturated rings. The van der Waals surface area contributed by atoms with Crippen LogP contribution in [-0.4, -0.2) is 156 Å². The molecule has 3 aromatic heterocycles. The zero-order chi connectivity index (χ0) is 84.4. The largest absolute Gasteiger partial charge is 0.465 e. The van der Waals surface area contributed by atoms with Crippen LogP contribution in [0.25, 0.3) is 0 Å². The number of carbonyl (C=O) groups is 9. The number of anilines is 1. The Morgan fingerprint density at radius 3 is 1.07 bits per heavy atom. The van der Waals surface area contributed by atoms with E-state index in [1.807, 2.05) is 175 Å². The molecule has 0 radical (unpaired) electrons. The van der Waals surface area contributed by atoms with Crippen LogP contribution in [0.4, 0.5) is 23.7 Å². The minimum Gasteiger partial charge on any atom is -0.465 e. The van der Waals surface area contributed by atoms with Crippen molar-refractivity contribution >= 4 is 59.3 Å². The van der Waals surface area contributed by atoms with Crippen molar-refractivity contribution in [1.29, 1.82) is 0 Å². The number of aromatic nitrogens is 3. The predicted octanol–water partition coefficient (Wildman–Crippen LogP) is 14.0. The van der Waals surface area contributed by atoms with Gasteiger partial charge in [-0.15, -0.1) is 0 Å². The fourth-order valence-electron chi connectivity index (χ4n) is 14.6. The maximum Gasteiger partial charge on any atom is 0.433 e. The number of amides is 5. The van der Waals surface area contributed by atoms with Crippen LogP contribution in [0.5, 0.6) is 0 Å². The number of benzene rings is 7. The lowest BCUT2D eigenvalue weighted by atomic mass is 9.93. The number of ether oxygens (including phenoxy) is 5. The number of fused-ring (bicyclic) bond motifs is 5. The Morgan fingerprint density at radius 2 is 0.689 bits per heavy atom. The lowest BCUT2D eigenvalue weighted by Gasteiger charge is -2.35. The summed E-state index contributed by atoms with van der Waals surface area (Å²) in [5.74, 6) is -2.32. The minimum atomic E-state index is -4.46. The van der Waals surface area contributed by atoms with Crippen molar-refractivity contribution < 1.29 is 80.0 Å². The third-order valence-corrected chi connectivity index (χ3v) is 20.5. The van der Waals surface area contributed by atoms with E-state index in [0.717, 1.165) is 61.7 Å². The summed E-state index contributed by atoms with van der Waals surface area (Å²) in [6.45, 7) is 12.8. The number of nitrogens with one attached hydrogen (secondary N) is 1. The van der Waals surface area contributed by atoms with E-state index in [1.165, 1.54) is 12.3 Å². The molecular weight excluding hydrogens is 1520 g/mol. The monoisotopic (exact) mass is 1620 g/mol. The lowest BCUT2D eigenvalue weighted by molar-refractivity contribution is -0.151. The summed E-state index contributed by atoms with van der Waals surface area (Å²) in [7, 11) is 0. The molecule has 5 amide bonds. The molecule has 119 heavy (non-hydrogen) atoms. The van der Waals surface area contributed by atoms with Crippen LogP contribution in [0, 0.1) is 0 Å². The number of alkyl halides is 3. The molecule has 7 aromatic carbocycles. The second-order valence-electron chi connectivity index (χ2n) is 28.2. The number of hydrogen-bond donors (Lipinski definition) is 1. The fraction of sp³-hybridized carbons (Fsp3) is 0.290. The molecule has 8 heterocycles. The second-order valence-corrected chi connectivity index (χ2v) is 28.2. The van der Waals surface area contributed by atoms with Crippen molar-refractivity contribution in [1.82, 2.24) is 39.5 Å². The van der Waals surface area contributed by atoms with Gasteiger partial charge in [-0.1, -0.05) is 170 Å². The van der Waals surface area contributed by atoms with Crippen molar-refractivity contribution in [2.45, 2.75) is 142 Å². The van der Waals surface area contributed by atoms with Crippen LogP contribution in [0.15, 0.2) is 249 Å². The van der Waals surface area contributed by atoms with Crippen LogP contribution in [0.2, 0.25) is 0 Å². The molecule has 1 N–H and O–H groups in total. The first kappa shape index (κ1) is 86.6. The Kier molecular flexibility index (Phi) is 30.6. The Morgan fingerprint density at radius 1 is 0.353 bits per heavy atom. The average molecular weight is 1620 g/mol. The Hall–Kier alpha value is -13.2. The van der Waals surface area contributed by atoms with E-state index in [9.17, 15) is 56.3 Å². The van der Waals surface area contributed by atoms with Gasteiger partial charge in [-0.3, -0.25) is 39.0 Å². The standard InChI is InChI=1S/C19H19F3N2O2.C19H20N2O3.C19H19NO3.2C18H18N2O3/c1-2-26-18(25)16-9-14-5-3-4-6-15(14)12-24(16)11-13-7-8-17(23-10-13)19(20,21)22;1-2-24-18(22)17-12-14-8-6-7-9-15(14)13-21(17)19(23)20-16-10-4-3-5-11-16;1-2-23-19(22)17-12-15-10-6-7-11-16(15)13-20(17)18(21)14-8-4-3-5-9-14;1-2-23-18(22)16-11-13-7-3-4-8-14(13)12-20(16)17(21)15-9-5-6-10-19-15;1-2-23-18(22)16-11-14-5-3-4-6-15(14)12-20(16)17(21)13-7-9-19-10-8-13/h3-8,10,16H,2,9,11-12H2,1H3;3-11,17H,2,12-13H2,1H3,(H,20,23);3-11,17H,2,12-13H2,1H3;2*3-10,16H,2,11-12H2,1H3. The summed E-state index contributed by atoms with van der Waals surface area (Å²) in [6, 6.07) is 65.3. The summed E-state index contributed by atoms with van der Waals surface area (Å²) >= 11 is 0. The van der Waals surface area contributed by atoms with Gasteiger partial charge >= 0.3 is 42.1 Å². The zero-order valence-electron chi connectivity index (χ0n) is 66.8. The van der Waals surface area contributed by atoms with Gasteiger partial charge < -0.3 is 48.6 Å². The van der Waals surface area contributed by atoms with Crippen molar-refractivity contribution in [3.8, 4) is 0 Å². The van der Waals surface area contributed by atoms with Crippen LogP contribution in [-0.2, 0) is 125 Å². The highest BCUT2D eigenvalue weighted by molar-refractivity contribution is 5.99. The highest BCUT2D eigenvalue weighted by Crippen LogP contribution is 2.33. The minimum absolute atomic E-state index is 0.141. The molecule has 616 valence electrons. The fourth-order valence-corrected chi connectivity index (χ4v) is 14.6. The van der Waals surface area contributed by atoms with Crippen molar-refractivity contribution in [3.63, 3.8) is 0 Å². The van der Waals surface area contributed by atoms with E-state index in [-0.39, 0.29) is 60.2 Å². The predicted molar refractivity (Wildman–Crippen MR) is 437 cm³/mol. The normalized spacial score (nSPS) is 16.7. The van der Waals surface area contributed by atoms with E-state index in [0.29, 0.717) is 126 Å². The molecule has 5 atom stereocenters. The number of halogens is 3. The number of nitrogens with zero attached hydrogens (tertiary/aromatic N) is 8. The van der Waals surface area contributed by atoms with Gasteiger partial charge in [-0.05, 0) is 157 Å². The molecule has 0 aliphatic carbocycles. The quantitative estimate of drug-likeness (QED) is 0.0695. The van der Waals surface area contributed by atoms with E-state index >= 15 is 0 Å². The summed E-state index contributed by atoms with van der Waals surface area (Å²) in [5.41, 5.74) is 12.6. The van der Waals surface area contributed by atoms with Crippen molar-refractivity contribution in [2.75, 3.05) is 38.4 Å². The van der Waals surface area contributed by atoms with E-state index < -0.39 is 42.1 Å². The Labute approximate surface area is 689 Å². The maximum atomic E-state index is 12.8. The average Bonchev–Trinajstić information content (AvgIpc) is 0.808. The first-order valence-corrected chi connectivity index (χ1v) is 39.5. The lowest BCUT2D eigenvalue weighted by Crippen LogP contribution is -2.50. The van der Waals surface area contributed by atoms with Crippen LogP contribution in [0.1, 0.15) is 133 Å². The third-order valence-electron chi connectivity index (χ3n) is 20.5. The topological polar surface area (TPSA) is 267 Å². The van der Waals surface area contributed by atoms with Gasteiger partial charge in [-0.2, -0.15) is 13.2 Å². The smallest absolute Gasteiger partial charge is 0.433 e. The number of hydrogen-bond acceptors (Lipinski definition) is 18. The molecule has 15 rings (SSSR count). The first-order valence-electron chi connectivity index (χ1n) is 39.5. The number of esters is 5. The van der Waals surface area contributed by atoms with Crippen molar-refractivity contribution in [2.24, 2.45) is 0 Å². The van der Waals surface area contributed by atoms with Crippen molar-refractivity contribution in [3.05, 3.63) is 333 Å². The van der Waals surface area contributed by atoms with Gasteiger partial charge in [-0.25, -0.2) is 24.0 Å². The summed E-state index contributed by atoms with van der Waals surface area (Å²) in [6.07, 6.45) is 3.90. The van der Waals surface area contributed by atoms with E-state index in [2.05, 4.69) is 20.3 Å². The van der Waals surface area contributed by atoms with Gasteiger partial charge in [0.25, 0.3) is 17.7 Å². The molecular formula is C93H94F3N9O14. The van der Waals surface area contributed by atoms with Crippen LogP contribution >= 0.6 is 0 Å². The van der Waals surface area contributed by atoms with Gasteiger partial charge in [0.05, 0.1) is 33.0 Å². The third kappa shape index (κ3) is 22.7. The highest BCUT2D eigenvalue weighted by atomic mass is 19.4. The first-order chi connectivity index (χ1) is 57.7. The zero-order valence-corrected chi connectivity index (χ0v) is 66.8. The number of para-hydroxylation sites is 1. The maximum absolute atomic E-state index is 12.8. The molecule has 5 unspecified atom stereocenters. The summed E-state index contributed by atoms with van der Waals surface area (Å²) in [4.78, 5) is 133. The summed E-state index contributed by atoms with van der Waals surface area (Å²) < 4.78 is 63.8. The van der Waals surface area contributed by atoms with Gasteiger partial charge in [0.2, 0.25) is 0 Å². The highest BCUT2D eigenvalue weighted by Gasteiger charge is 2.41. The molecule has 0 saturated carbocycles. The molecule has 5 aliphatic heterocycles. The van der Waals surface area contributed by atoms with Crippen LogP contribution < -0.4 is 5.32 Å².